The molecule has 228 valence electrons. The number of furan rings is 1. The summed E-state index contributed by atoms with van der Waals surface area (Å²) in [5.41, 5.74) is 9.37. The van der Waals surface area contributed by atoms with Crippen molar-refractivity contribution < 1.29 is 4.42 Å². The third-order valence-corrected chi connectivity index (χ3v) is 13.4. The Labute approximate surface area is 285 Å². The first-order chi connectivity index (χ1) is 24.3. The SMILES string of the molecule is c1ccc2c(c1)-c1cccc(P(c3cccc4ccccc34)c3cccc4ccccc34)c1C21c2ccccc2-c2c1oc1ccccc21. The Hall–Kier alpha value is -5.75. The summed E-state index contributed by atoms with van der Waals surface area (Å²) in [6.07, 6.45) is 0. The molecule has 1 atom stereocenters. The number of para-hydroxylation sites is 1. The lowest BCUT2D eigenvalue weighted by molar-refractivity contribution is 0.507. The van der Waals surface area contributed by atoms with Gasteiger partial charge in [-0.2, -0.15) is 0 Å². The van der Waals surface area contributed by atoms with Gasteiger partial charge in [-0.25, -0.2) is 0 Å². The Bertz CT molecular complexity index is 2720. The smallest absolute Gasteiger partial charge is 0.135 e. The highest BCUT2D eigenvalue weighted by Gasteiger charge is 2.56. The van der Waals surface area contributed by atoms with Crippen molar-refractivity contribution in [2.24, 2.45) is 0 Å². The molecule has 2 aliphatic rings. The second-order valence-corrected chi connectivity index (χ2v) is 15.3. The van der Waals surface area contributed by atoms with E-state index in [-0.39, 0.29) is 0 Å². The molecule has 9 aromatic rings. The van der Waals surface area contributed by atoms with Crippen LogP contribution in [0.3, 0.4) is 0 Å². The normalized spacial score (nSPS) is 15.6. The van der Waals surface area contributed by atoms with E-state index in [1.54, 1.807) is 0 Å². The van der Waals surface area contributed by atoms with Gasteiger partial charge in [-0.05, 0) is 84.8 Å². The van der Waals surface area contributed by atoms with Gasteiger partial charge in [-0.3, -0.25) is 0 Å². The molecule has 2 aliphatic carbocycles. The van der Waals surface area contributed by atoms with Crippen LogP contribution < -0.4 is 15.9 Å². The fourth-order valence-corrected chi connectivity index (χ4v) is 11.8. The van der Waals surface area contributed by atoms with Gasteiger partial charge in [0.15, 0.2) is 0 Å². The molecule has 0 fully saturated rings. The first-order valence-corrected chi connectivity index (χ1v) is 18.3. The van der Waals surface area contributed by atoms with Crippen LogP contribution >= 0.6 is 7.92 Å². The van der Waals surface area contributed by atoms with Crippen molar-refractivity contribution in [1.82, 2.24) is 0 Å². The molecular formula is C47H29OP. The standard InChI is InChI=1S/C47H29OP/c1-3-18-32-30(14-1)16-11-27-41(32)49(42-28-12-17-31-15-2-4-19-33(31)42)43-29-13-23-35-34-20-5-8-24-38(34)47(45(35)43)39-25-9-6-21-36(39)44-37-22-7-10-26-40(37)48-46(44)47/h1-29H. The van der Waals surface area contributed by atoms with Crippen LogP contribution in [0.15, 0.2) is 180 Å². The van der Waals surface area contributed by atoms with Gasteiger partial charge in [0.2, 0.25) is 0 Å². The van der Waals surface area contributed by atoms with Gasteiger partial charge in [0.05, 0.1) is 0 Å². The van der Waals surface area contributed by atoms with Crippen LogP contribution in [0.4, 0.5) is 0 Å². The maximum atomic E-state index is 7.14. The molecule has 0 amide bonds. The van der Waals surface area contributed by atoms with Crippen molar-refractivity contribution in [2.45, 2.75) is 5.41 Å². The number of benzene rings is 8. The molecule has 8 aromatic carbocycles. The molecule has 2 heteroatoms. The Morgan fingerprint density at radius 2 is 0.878 bits per heavy atom. The second kappa shape index (κ2) is 10.1. The molecule has 0 aliphatic heterocycles. The molecule has 0 saturated heterocycles. The van der Waals surface area contributed by atoms with E-state index < -0.39 is 13.3 Å². The molecule has 1 nitrogen and oxygen atoms in total. The molecule has 1 unspecified atom stereocenters. The van der Waals surface area contributed by atoms with E-state index in [4.69, 9.17) is 4.42 Å². The molecular weight excluding hydrogens is 611 g/mol. The van der Waals surface area contributed by atoms with Gasteiger partial charge in [0.25, 0.3) is 0 Å². The van der Waals surface area contributed by atoms with E-state index in [2.05, 4.69) is 176 Å². The summed E-state index contributed by atoms with van der Waals surface area (Å²) in [4.78, 5) is 0. The van der Waals surface area contributed by atoms with Crippen LogP contribution in [-0.2, 0) is 5.41 Å². The van der Waals surface area contributed by atoms with Crippen molar-refractivity contribution >= 4 is 56.3 Å². The van der Waals surface area contributed by atoms with E-state index in [0.717, 1.165) is 11.3 Å². The molecule has 1 spiro atoms. The molecule has 0 radical (unpaired) electrons. The Balaban J connectivity index is 1.33. The first-order valence-electron chi connectivity index (χ1n) is 16.9. The van der Waals surface area contributed by atoms with Crippen molar-refractivity contribution in [3.63, 3.8) is 0 Å². The highest BCUT2D eigenvalue weighted by atomic mass is 31.1. The van der Waals surface area contributed by atoms with Gasteiger partial charge in [0, 0.05) is 10.9 Å². The van der Waals surface area contributed by atoms with Gasteiger partial charge in [-0.15, -0.1) is 0 Å². The lowest BCUT2D eigenvalue weighted by Crippen LogP contribution is -2.34. The van der Waals surface area contributed by atoms with E-state index in [1.807, 2.05) is 0 Å². The van der Waals surface area contributed by atoms with E-state index in [0.29, 0.717) is 0 Å². The monoisotopic (exact) mass is 640 g/mol. The summed E-state index contributed by atoms with van der Waals surface area (Å²) in [5, 5.41) is 10.5. The fraction of sp³-hybridized carbons (Fsp3) is 0.0213. The highest BCUT2D eigenvalue weighted by molar-refractivity contribution is 7.80. The molecule has 0 saturated carbocycles. The average Bonchev–Trinajstić information content (AvgIpc) is 3.79. The van der Waals surface area contributed by atoms with Gasteiger partial charge in [0.1, 0.15) is 16.8 Å². The van der Waals surface area contributed by atoms with Crippen molar-refractivity contribution in [1.29, 1.82) is 0 Å². The maximum absolute atomic E-state index is 7.14. The lowest BCUT2D eigenvalue weighted by Gasteiger charge is -2.33. The summed E-state index contributed by atoms with van der Waals surface area (Å²) >= 11 is 0. The maximum Gasteiger partial charge on any atom is 0.135 e. The minimum atomic E-state index is -1.04. The van der Waals surface area contributed by atoms with Crippen LogP contribution in [0.2, 0.25) is 0 Å². The number of fused-ring (bicyclic) bond motifs is 14. The number of hydrogen-bond donors (Lipinski definition) is 0. The molecule has 1 heterocycles. The fourth-order valence-electron chi connectivity index (χ4n) is 8.96. The Morgan fingerprint density at radius 1 is 0.388 bits per heavy atom. The second-order valence-electron chi connectivity index (χ2n) is 13.2. The number of rotatable bonds is 3. The van der Waals surface area contributed by atoms with Crippen LogP contribution in [-0.4, -0.2) is 0 Å². The van der Waals surface area contributed by atoms with Gasteiger partial charge < -0.3 is 4.42 Å². The molecule has 11 rings (SSSR count). The zero-order valence-corrected chi connectivity index (χ0v) is 27.5. The van der Waals surface area contributed by atoms with Crippen LogP contribution in [0.1, 0.15) is 22.5 Å². The third kappa shape index (κ3) is 3.53. The molecule has 1 aromatic heterocycles. The largest absolute Gasteiger partial charge is 0.459 e. The zero-order valence-electron chi connectivity index (χ0n) is 26.6. The van der Waals surface area contributed by atoms with E-state index in [9.17, 15) is 0 Å². The summed E-state index contributed by atoms with van der Waals surface area (Å²) in [7, 11) is -1.04. The lowest BCUT2D eigenvalue weighted by atomic mass is 9.73. The van der Waals surface area contributed by atoms with E-state index in [1.165, 1.54) is 81.8 Å². The van der Waals surface area contributed by atoms with Crippen LogP contribution in [0.25, 0.3) is 54.8 Å². The minimum Gasteiger partial charge on any atom is -0.459 e. The highest BCUT2D eigenvalue weighted by Crippen LogP contribution is 2.65. The van der Waals surface area contributed by atoms with E-state index >= 15 is 0 Å². The average molecular weight is 641 g/mol. The summed E-state index contributed by atoms with van der Waals surface area (Å²) in [6, 6.07) is 65.2. The summed E-state index contributed by atoms with van der Waals surface area (Å²) < 4.78 is 7.14. The molecule has 49 heavy (non-hydrogen) atoms. The number of hydrogen-bond acceptors (Lipinski definition) is 1. The predicted molar refractivity (Wildman–Crippen MR) is 206 cm³/mol. The Morgan fingerprint density at radius 3 is 1.59 bits per heavy atom. The minimum absolute atomic E-state index is 0.594. The third-order valence-electron chi connectivity index (χ3n) is 10.8. The zero-order chi connectivity index (χ0) is 32.1. The van der Waals surface area contributed by atoms with Crippen molar-refractivity contribution in [3.8, 4) is 22.3 Å². The first kappa shape index (κ1) is 27.2. The molecule has 0 N–H and O–H groups in total. The summed E-state index contributed by atoms with van der Waals surface area (Å²) in [6.45, 7) is 0. The summed E-state index contributed by atoms with van der Waals surface area (Å²) in [5.74, 6) is 1.04. The van der Waals surface area contributed by atoms with Gasteiger partial charge in [-0.1, -0.05) is 170 Å². The molecule has 0 bridgehead atoms. The topological polar surface area (TPSA) is 13.1 Å². The quantitative estimate of drug-likeness (QED) is 0.175. The van der Waals surface area contributed by atoms with Gasteiger partial charge >= 0.3 is 0 Å². The van der Waals surface area contributed by atoms with Crippen molar-refractivity contribution in [2.75, 3.05) is 0 Å². The predicted octanol–water partition coefficient (Wildman–Crippen LogP) is 10.8. The Kier molecular flexibility index (Phi) is 5.63. The van der Waals surface area contributed by atoms with Crippen LogP contribution in [0, 0.1) is 0 Å². The van der Waals surface area contributed by atoms with Crippen LogP contribution in [0.5, 0.6) is 0 Å². The van der Waals surface area contributed by atoms with Crippen molar-refractivity contribution in [3.05, 3.63) is 198 Å².